The van der Waals surface area contributed by atoms with E-state index in [-0.39, 0.29) is 15.9 Å². The van der Waals surface area contributed by atoms with Gasteiger partial charge in [0.2, 0.25) is 5.95 Å². The molecule has 27 heavy (non-hydrogen) atoms. The van der Waals surface area contributed by atoms with Crippen molar-refractivity contribution < 1.29 is 9.59 Å². The molecule has 0 atom stereocenters. The molecule has 4 heterocycles. The Bertz CT molecular complexity index is 911. The van der Waals surface area contributed by atoms with Gasteiger partial charge in [-0.15, -0.1) is 0 Å². The summed E-state index contributed by atoms with van der Waals surface area (Å²) in [5.41, 5.74) is 0.545. The number of piperazine rings is 1. The number of carbonyl (C=O) groups is 2. The Morgan fingerprint density at radius 3 is 2.15 bits per heavy atom. The van der Waals surface area contributed by atoms with Crippen LogP contribution in [0.1, 0.15) is 0 Å². The molecule has 8 nitrogen and oxygen atoms in total. The first-order valence-electron chi connectivity index (χ1n) is 8.23. The van der Waals surface area contributed by atoms with E-state index >= 15 is 0 Å². The summed E-state index contributed by atoms with van der Waals surface area (Å²) >= 11 is 12.0. The van der Waals surface area contributed by atoms with E-state index in [0.29, 0.717) is 37.8 Å². The number of carbonyl (C=O) groups excluding carboxylic acids is 2. The van der Waals surface area contributed by atoms with Crippen molar-refractivity contribution in [2.45, 2.75) is 0 Å². The minimum atomic E-state index is -0.561. The number of amides is 2. The lowest BCUT2D eigenvalue weighted by molar-refractivity contribution is -0.121. The number of aromatic nitrogens is 3. The third-order valence-corrected chi connectivity index (χ3v) is 4.97. The van der Waals surface area contributed by atoms with Gasteiger partial charge in [-0.25, -0.2) is 19.9 Å². The maximum Gasteiger partial charge on any atom is 0.283 e. The SMILES string of the molecule is O=C1C(Cl)=C(N2CCN(c3ncccn3)CC2)C(=O)N1c1ccc(Cl)nc1. The first-order valence-corrected chi connectivity index (χ1v) is 8.99. The summed E-state index contributed by atoms with van der Waals surface area (Å²) in [6.45, 7) is 2.27. The largest absolute Gasteiger partial charge is 0.362 e. The van der Waals surface area contributed by atoms with Gasteiger partial charge in [0, 0.05) is 38.6 Å². The predicted octanol–water partition coefficient (Wildman–Crippen LogP) is 1.67. The van der Waals surface area contributed by atoms with Crippen molar-refractivity contribution in [2.24, 2.45) is 0 Å². The lowest BCUT2D eigenvalue weighted by Crippen LogP contribution is -2.48. The second kappa shape index (κ2) is 7.13. The molecule has 2 aromatic rings. The number of rotatable bonds is 3. The summed E-state index contributed by atoms with van der Waals surface area (Å²) in [6, 6.07) is 4.83. The van der Waals surface area contributed by atoms with E-state index in [1.165, 1.54) is 12.3 Å². The van der Waals surface area contributed by atoms with Crippen LogP contribution in [0.4, 0.5) is 11.6 Å². The summed E-state index contributed by atoms with van der Waals surface area (Å²) in [5, 5.41) is 0.190. The Morgan fingerprint density at radius 1 is 0.852 bits per heavy atom. The number of nitrogens with zero attached hydrogens (tertiary/aromatic N) is 6. The van der Waals surface area contributed by atoms with Crippen LogP contribution in [0.2, 0.25) is 5.15 Å². The number of imide groups is 1. The Hall–Kier alpha value is -2.71. The quantitative estimate of drug-likeness (QED) is 0.568. The molecular weight excluding hydrogens is 391 g/mol. The first kappa shape index (κ1) is 17.7. The monoisotopic (exact) mass is 404 g/mol. The van der Waals surface area contributed by atoms with Crippen LogP contribution in [0.15, 0.2) is 47.5 Å². The van der Waals surface area contributed by atoms with E-state index in [4.69, 9.17) is 23.2 Å². The van der Waals surface area contributed by atoms with Gasteiger partial charge in [0.15, 0.2) is 0 Å². The van der Waals surface area contributed by atoms with Crippen LogP contribution >= 0.6 is 23.2 Å². The Kier molecular flexibility index (Phi) is 4.67. The molecule has 4 rings (SSSR count). The van der Waals surface area contributed by atoms with Gasteiger partial charge in [0.25, 0.3) is 11.8 Å². The van der Waals surface area contributed by atoms with Crippen molar-refractivity contribution in [3.05, 3.63) is 52.7 Å². The molecule has 0 unspecified atom stereocenters. The van der Waals surface area contributed by atoms with Crippen LogP contribution in [0.5, 0.6) is 0 Å². The van der Waals surface area contributed by atoms with Crippen molar-refractivity contribution in [2.75, 3.05) is 36.0 Å². The standard InChI is InChI=1S/C17H14Cl2N6O2/c18-12-3-2-11(10-22-12)25-15(26)13(19)14(16(25)27)23-6-8-24(9-7-23)17-20-4-1-5-21-17/h1-5,10H,6-9H2. The van der Waals surface area contributed by atoms with Gasteiger partial charge in [-0.1, -0.05) is 23.2 Å². The molecule has 2 aliphatic heterocycles. The van der Waals surface area contributed by atoms with Crippen molar-refractivity contribution in [3.63, 3.8) is 0 Å². The molecule has 2 amide bonds. The maximum atomic E-state index is 12.9. The zero-order valence-corrected chi connectivity index (χ0v) is 15.6. The van der Waals surface area contributed by atoms with Gasteiger partial charge in [0.1, 0.15) is 15.9 Å². The molecule has 10 heteroatoms. The van der Waals surface area contributed by atoms with Crippen LogP contribution in [-0.2, 0) is 9.59 Å². The highest BCUT2D eigenvalue weighted by atomic mass is 35.5. The second-order valence-corrected chi connectivity index (χ2v) is 6.74. The van der Waals surface area contributed by atoms with E-state index in [1.54, 1.807) is 24.5 Å². The average molecular weight is 405 g/mol. The van der Waals surface area contributed by atoms with Crippen molar-refractivity contribution in [3.8, 4) is 0 Å². The van der Waals surface area contributed by atoms with Crippen LogP contribution in [0.3, 0.4) is 0 Å². The Morgan fingerprint density at radius 2 is 1.52 bits per heavy atom. The molecule has 1 fully saturated rings. The molecule has 0 aliphatic carbocycles. The van der Waals surface area contributed by atoms with Crippen molar-refractivity contribution in [1.82, 2.24) is 19.9 Å². The van der Waals surface area contributed by atoms with Crippen LogP contribution in [0, 0.1) is 0 Å². The Labute approximate surface area is 165 Å². The normalized spacial score (nSPS) is 17.9. The molecule has 2 aromatic heterocycles. The minimum absolute atomic E-state index is 0.0839. The fraction of sp³-hybridized carbons (Fsp3) is 0.235. The molecule has 0 N–H and O–H groups in total. The highest BCUT2D eigenvalue weighted by Crippen LogP contribution is 2.31. The molecule has 0 saturated carbocycles. The van der Waals surface area contributed by atoms with Gasteiger partial charge >= 0.3 is 0 Å². The van der Waals surface area contributed by atoms with Crippen molar-refractivity contribution in [1.29, 1.82) is 0 Å². The predicted molar refractivity (Wildman–Crippen MR) is 100 cm³/mol. The van der Waals surface area contributed by atoms with Crippen molar-refractivity contribution >= 4 is 46.7 Å². The third kappa shape index (κ3) is 3.22. The topological polar surface area (TPSA) is 82.5 Å². The van der Waals surface area contributed by atoms with E-state index < -0.39 is 11.8 Å². The lowest BCUT2D eigenvalue weighted by atomic mass is 10.2. The fourth-order valence-corrected chi connectivity index (χ4v) is 3.48. The third-order valence-electron chi connectivity index (χ3n) is 4.41. The lowest BCUT2D eigenvalue weighted by Gasteiger charge is -2.36. The van der Waals surface area contributed by atoms with Crippen LogP contribution < -0.4 is 9.80 Å². The summed E-state index contributed by atoms with van der Waals surface area (Å²) < 4.78 is 0. The molecule has 1 saturated heterocycles. The molecule has 0 radical (unpaired) electrons. The average Bonchev–Trinajstić information content (AvgIpc) is 2.92. The van der Waals surface area contributed by atoms with E-state index in [1.807, 2.05) is 9.80 Å². The van der Waals surface area contributed by atoms with E-state index in [0.717, 1.165) is 4.90 Å². The number of pyridine rings is 1. The van der Waals surface area contributed by atoms with Gasteiger partial charge in [-0.05, 0) is 18.2 Å². The number of anilines is 2. The highest BCUT2D eigenvalue weighted by molar-refractivity contribution is 6.52. The zero-order chi connectivity index (χ0) is 19.0. The summed E-state index contributed by atoms with van der Waals surface area (Å²) in [7, 11) is 0. The summed E-state index contributed by atoms with van der Waals surface area (Å²) in [5.74, 6) is -0.381. The highest BCUT2D eigenvalue weighted by Gasteiger charge is 2.42. The summed E-state index contributed by atoms with van der Waals surface area (Å²) in [6.07, 6.45) is 4.74. The van der Waals surface area contributed by atoms with Crippen LogP contribution in [0.25, 0.3) is 0 Å². The fourth-order valence-electron chi connectivity index (χ4n) is 3.08. The molecule has 138 valence electrons. The van der Waals surface area contributed by atoms with Crippen LogP contribution in [-0.4, -0.2) is 57.8 Å². The zero-order valence-electron chi connectivity index (χ0n) is 14.0. The maximum absolute atomic E-state index is 12.9. The van der Waals surface area contributed by atoms with E-state index in [2.05, 4.69) is 15.0 Å². The van der Waals surface area contributed by atoms with Gasteiger partial charge in [-0.2, -0.15) is 0 Å². The van der Waals surface area contributed by atoms with Gasteiger partial charge < -0.3 is 9.80 Å². The summed E-state index contributed by atoms with van der Waals surface area (Å²) in [4.78, 5) is 42.7. The molecule has 0 bridgehead atoms. The minimum Gasteiger partial charge on any atom is -0.362 e. The molecule has 0 aromatic carbocycles. The Balaban J connectivity index is 1.51. The first-order chi connectivity index (χ1) is 13.1. The van der Waals surface area contributed by atoms with E-state index in [9.17, 15) is 9.59 Å². The smallest absolute Gasteiger partial charge is 0.283 e. The number of hydrogen-bond acceptors (Lipinski definition) is 7. The van der Waals surface area contributed by atoms with Gasteiger partial charge in [-0.3, -0.25) is 9.59 Å². The second-order valence-electron chi connectivity index (χ2n) is 5.97. The number of halogens is 2. The molecular formula is C17H14Cl2N6O2. The number of hydrogen-bond donors (Lipinski definition) is 0. The molecule has 0 spiro atoms. The molecule has 2 aliphatic rings. The van der Waals surface area contributed by atoms with Gasteiger partial charge in [0.05, 0.1) is 11.9 Å².